The van der Waals surface area contributed by atoms with Gasteiger partial charge in [0.2, 0.25) is 0 Å². The lowest BCUT2D eigenvalue weighted by Gasteiger charge is -2.03. The van der Waals surface area contributed by atoms with Crippen LogP contribution in [-0.2, 0) is 0 Å². The molecule has 22 heavy (non-hydrogen) atoms. The predicted molar refractivity (Wildman–Crippen MR) is 85.8 cm³/mol. The third-order valence-corrected chi connectivity index (χ3v) is 3.25. The van der Waals surface area contributed by atoms with E-state index in [4.69, 9.17) is 4.74 Å². The molecular formula is C16H14N4O2. The Kier molecular flexibility index (Phi) is 3.82. The Hall–Kier alpha value is -3.15. The third kappa shape index (κ3) is 2.67. The summed E-state index contributed by atoms with van der Waals surface area (Å²) in [5.74, 6) is 1.14. The smallest absolute Gasteiger partial charge is 0.182 e. The van der Waals surface area contributed by atoms with Gasteiger partial charge in [-0.05, 0) is 41.6 Å². The number of para-hydroxylation sites is 1. The molecule has 1 aromatic heterocycles. The summed E-state index contributed by atoms with van der Waals surface area (Å²) < 4.78 is 5.12. The summed E-state index contributed by atoms with van der Waals surface area (Å²) in [6.45, 7) is 0. The molecule has 0 aliphatic rings. The fourth-order valence-electron chi connectivity index (χ4n) is 2.13. The van der Waals surface area contributed by atoms with E-state index in [2.05, 4.69) is 20.7 Å². The van der Waals surface area contributed by atoms with Crippen molar-refractivity contribution in [2.75, 3.05) is 12.4 Å². The number of aromatic nitrogens is 2. The lowest BCUT2D eigenvalue weighted by atomic mass is 10.1. The van der Waals surface area contributed by atoms with Crippen LogP contribution in [-0.4, -0.2) is 17.3 Å². The number of benzene rings is 2. The van der Waals surface area contributed by atoms with Crippen LogP contribution < -0.4 is 10.1 Å². The molecule has 0 bridgehead atoms. The number of hydrogen-bond acceptors (Lipinski definition) is 5. The van der Waals surface area contributed by atoms with E-state index in [9.17, 15) is 4.91 Å². The Balaban J connectivity index is 1.94. The molecule has 3 aromatic rings. The number of aromatic amines is 1. The standard InChI is InChI=1S/C16H14N4O2/c1-22-13-9-7-11(8-10-13)14-15(20-21)16(19-18-14)17-12-5-3-2-4-6-12/h2-10H,1H3,(H2,17,18,19). The summed E-state index contributed by atoms with van der Waals surface area (Å²) in [6.07, 6.45) is 0. The van der Waals surface area contributed by atoms with E-state index in [1.54, 1.807) is 7.11 Å². The second kappa shape index (κ2) is 6.09. The largest absolute Gasteiger partial charge is 0.497 e. The normalized spacial score (nSPS) is 10.2. The average molecular weight is 294 g/mol. The summed E-state index contributed by atoms with van der Waals surface area (Å²) in [5, 5.41) is 13.2. The van der Waals surface area contributed by atoms with Crippen molar-refractivity contribution in [3.05, 3.63) is 59.5 Å². The van der Waals surface area contributed by atoms with Crippen LogP contribution in [0.5, 0.6) is 5.75 Å². The summed E-state index contributed by atoms with van der Waals surface area (Å²) >= 11 is 0. The minimum Gasteiger partial charge on any atom is -0.497 e. The lowest BCUT2D eigenvalue weighted by molar-refractivity contribution is 0.415. The van der Waals surface area contributed by atoms with E-state index in [1.165, 1.54) is 0 Å². The Labute approximate surface area is 127 Å². The molecule has 0 atom stereocenters. The van der Waals surface area contributed by atoms with Crippen LogP contribution in [0.15, 0.2) is 59.8 Å². The average Bonchev–Trinajstić information content (AvgIpc) is 2.98. The maximum Gasteiger partial charge on any atom is 0.182 e. The molecule has 0 saturated heterocycles. The second-order valence-electron chi connectivity index (χ2n) is 4.61. The molecule has 0 amide bonds. The lowest BCUT2D eigenvalue weighted by Crippen LogP contribution is -1.89. The zero-order chi connectivity index (χ0) is 15.4. The zero-order valence-corrected chi connectivity index (χ0v) is 11.9. The van der Waals surface area contributed by atoms with Crippen molar-refractivity contribution in [2.45, 2.75) is 0 Å². The topological polar surface area (TPSA) is 79.4 Å². The quantitative estimate of drug-likeness (QED) is 0.690. The van der Waals surface area contributed by atoms with Crippen LogP contribution >= 0.6 is 0 Å². The van der Waals surface area contributed by atoms with E-state index in [1.807, 2.05) is 54.6 Å². The number of nitrogens with zero attached hydrogens (tertiary/aromatic N) is 2. The number of hydrogen-bond donors (Lipinski definition) is 2. The first-order valence-electron chi connectivity index (χ1n) is 6.70. The van der Waals surface area contributed by atoms with Crippen LogP contribution in [0.2, 0.25) is 0 Å². The fourth-order valence-corrected chi connectivity index (χ4v) is 2.13. The van der Waals surface area contributed by atoms with Crippen molar-refractivity contribution in [2.24, 2.45) is 5.18 Å². The summed E-state index contributed by atoms with van der Waals surface area (Å²) in [4.78, 5) is 11.2. The molecule has 0 fully saturated rings. The highest BCUT2D eigenvalue weighted by Crippen LogP contribution is 2.36. The minimum atomic E-state index is 0.244. The van der Waals surface area contributed by atoms with Gasteiger partial charge in [0.1, 0.15) is 5.75 Å². The predicted octanol–water partition coefficient (Wildman–Crippen LogP) is 4.23. The highest BCUT2D eigenvalue weighted by molar-refractivity contribution is 5.82. The first-order chi connectivity index (χ1) is 10.8. The molecule has 3 rings (SSSR count). The van der Waals surface area contributed by atoms with Crippen LogP contribution in [0.25, 0.3) is 11.3 Å². The number of rotatable bonds is 5. The summed E-state index contributed by atoms with van der Waals surface area (Å²) in [7, 11) is 1.60. The molecule has 2 aromatic carbocycles. The second-order valence-corrected chi connectivity index (χ2v) is 4.61. The van der Waals surface area contributed by atoms with Crippen molar-refractivity contribution < 1.29 is 4.74 Å². The van der Waals surface area contributed by atoms with Crippen LogP contribution in [0, 0.1) is 4.91 Å². The van der Waals surface area contributed by atoms with Crippen molar-refractivity contribution in [3.8, 4) is 17.0 Å². The van der Waals surface area contributed by atoms with Gasteiger partial charge in [-0.15, -0.1) is 4.91 Å². The summed E-state index contributed by atoms with van der Waals surface area (Å²) in [5.41, 5.74) is 2.45. The molecule has 2 N–H and O–H groups in total. The maximum atomic E-state index is 11.2. The highest BCUT2D eigenvalue weighted by atomic mass is 16.5. The molecule has 6 heteroatoms. The molecule has 0 saturated carbocycles. The molecule has 110 valence electrons. The Bertz CT molecular complexity index is 767. The van der Waals surface area contributed by atoms with E-state index in [0.29, 0.717) is 11.5 Å². The number of H-pyrrole nitrogens is 1. The molecular weight excluding hydrogens is 280 g/mol. The SMILES string of the molecule is COc1ccc(-c2[nH]nc(Nc3ccccc3)c2N=O)cc1. The van der Waals surface area contributed by atoms with Gasteiger partial charge in [0.15, 0.2) is 11.5 Å². The first kappa shape index (κ1) is 13.8. The van der Waals surface area contributed by atoms with E-state index in [-0.39, 0.29) is 5.69 Å². The Morgan fingerprint density at radius 1 is 1.09 bits per heavy atom. The Morgan fingerprint density at radius 2 is 1.82 bits per heavy atom. The van der Waals surface area contributed by atoms with E-state index >= 15 is 0 Å². The van der Waals surface area contributed by atoms with Gasteiger partial charge < -0.3 is 10.1 Å². The monoisotopic (exact) mass is 294 g/mol. The molecule has 0 aliphatic heterocycles. The van der Waals surface area contributed by atoms with Gasteiger partial charge in [0, 0.05) is 11.3 Å². The van der Waals surface area contributed by atoms with E-state index in [0.717, 1.165) is 17.0 Å². The van der Waals surface area contributed by atoms with Gasteiger partial charge >= 0.3 is 0 Å². The maximum absolute atomic E-state index is 11.2. The highest BCUT2D eigenvalue weighted by Gasteiger charge is 2.16. The van der Waals surface area contributed by atoms with Crippen molar-refractivity contribution in [1.29, 1.82) is 0 Å². The minimum absolute atomic E-state index is 0.244. The van der Waals surface area contributed by atoms with Crippen LogP contribution in [0.1, 0.15) is 0 Å². The third-order valence-electron chi connectivity index (χ3n) is 3.25. The molecule has 0 radical (unpaired) electrons. The van der Waals surface area contributed by atoms with Gasteiger partial charge in [-0.2, -0.15) is 5.10 Å². The van der Waals surface area contributed by atoms with Gasteiger partial charge in [-0.3, -0.25) is 5.10 Å². The van der Waals surface area contributed by atoms with Gasteiger partial charge in [-0.25, -0.2) is 0 Å². The van der Waals surface area contributed by atoms with Crippen molar-refractivity contribution in [3.63, 3.8) is 0 Å². The number of methoxy groups -OCH3 is 1. The van der Waals surface area contributed by atoms with Crippen LogP contribution in [0.3, 0.4) is 0 Å². The molecule has 0 aliphatic carbocycles. The number of ether oxygens (including phenoxy) is 1. The number of nitrogens with one attached hydrogen (secondary N) is 2. The zero-order valence-electron chi connectivity index (χ0n) is 11.9. The molecule has 0 spiro atoms. The Morgan fingerprint density at radius 3 is 2.45 bits per heavy atom. The molecule has 1 heterocycles. The van der Waals surface area contributed by atoms with Gasteiger partial charge in [0.05, 0.1) is 12.8 Å². The summed E-state index contributed by atoms with van der Waals surface area (Å²) in [6, 6.07) is 16.8. The van der Waals surface area contributed by atoms with E-state index < -0.39 is 0 Å². The first-order valence-corrected chi connectivity index (χ1v) is 6.70. The van der Waals surface area contributed by atoms with Crippen molar-refractivity contribution >= 4 is 17.2 Å². The molecule has 0 unspecified atom stereocenters. The number of anilines is 2. The van der Waals surface area contributed by atoms with Crippen molar-refractivity contribution in [1.82, 2.24) is 10.2 Å². The van der Waals surface area contributed by atoms with Gasteiger partial charge in [0.25, 0.3) is 0 Å². The van der Waals surface area contributed by atoms with Crippen LogP contribution in [0.4, 0.5) is 17.2 Å². The fraction of sp³-hybridized carbons (Fsp3) is 0.0625. The number of nitroso groups, excluding NO2 is 1. The van der Waals surface area contributed by atoms with Gasteiger partial charge in [-0.1, -0.05) is 18.2 Å². The molecule has 6 nitrogen and oxygen atoms in total.